The number of amides is 1. The molecule has 0 saturated carbocycles. The molecule has 0 radical (unpaired) electrons. The van der Waals surface area contributed by atoms with Gasteiger partial charge in [0.1, 0.15) is 15.7 Å². The Labute approximate surface area is 131 Å². The molecule has 0 N–H and O–H groups in total. The number of rotatable bonds is 2. The van der Waals surface area contributed by atoms with Gasteiger partial charge in [-0.05, 0) is 25.0 Å². The Morgan fingerprint density at radius 3 is 2.36 bits per heavy atom. The van der Waals surface area contributed by atoms with Gasteiger partial charge in [-0.15, -0.1) is 0 Å². The summed E-state index contributed by atoms with van der Waals surface area (Å²) in [5.74, 6) is 1.24. The topological polar surface area (TPSA) is 70.6 Å². The van der Waals surface area contributed by atoms with Crippen LogP contribution < -0.4 is 4.90 Å². The fourth-order valence-electron chi connectivity index (χ4n) is 3.09. The van der Waals surface area contributed by atoms with Gasteiger partial charge in [0.25, 0.3) is 0 Å². The maximum absolute atomic E-state index is 12.5. The van der Waals surface area contributed by atoms with E-state index in [0.29, 0.717) is 25.9 Å². The molecule has 0 spiro atoms. The molecule has 0 bridgehead atoms. The van der Waals surface area contributed by atoms with Crippen LogP contribution in [0.1, 0.15) is 12.8 Å². The molecular weight excluding hydrogens is 302 g/mol. The first-order valence-corrected chi connectivity index (χ1v) is 9.52. The molecule has 1 aromatic rings. The van der Waals surface area contributed by atoms with Crippen molar-refractivity contribution in [3.8, 4) is 0 Å². The van der Waals surface area contributed by atoms with Gasteiger partial charge in [-0.25, -0.2) is 13.4 Å². The van der Waals surface area contributed by atoms with E-state index in [2.05, 4.69) is 9.88 Å². The average molecular weight is 323 g/mol. The van der Waals surface area contributed by atoms with E-state index < -0.39 is 9.84 Å². The lowest BCUT2D eigenvalue weighted by Crippen LogP contribution is -2.51. The lowest BCUT2D eigenvalue weighted by atomic mass is 10.0. The second-order valence-corrected chi connectivity index (χ2v) is 8.23. The number of aromatic nitrogens is 1. The van der Waals surface area contributed by atoms with Crippen LogP contribution in [0, 0.1) is 5.92 Å². The molecule has 2 aliphatic heterocycles. The Morgan fingerprint density at radius 2 is 1.77 bits per heavy atom. The number of piperazine rings is 1. The van der Waals surface area contributed by atoms with Crippen LogP contribution in [0.5, 0.6) is 0 Å². The number of carbonyl (C=O) groups excluding carboxylic acids is 1. The van der Waals surface area contributed by atoms with E-state index in [1.54, 1.807) is 6.20 Å². The summed E-state index contributed by atoms with van der Waals surface area (Å²) in [7, 11) is -2.91. The van der Waals surface area contributed by atoms with Crippen molar-refractivity contribution in [1.29, 1.82) is 0 Å². The summed E-state index contributed by atoms with van der Waals surface area (Å²) in [6, 6.07) is 5.83. The summed E-state index contributed by atoms with van der Waals surface area (Å²) < 4.78 is 22.9. The van der Waals surface area contributed by atoms with Crippen LogP contribution in [0.3, 0.4) is 0 Å². The molecular formula is C15H21N3O3S. The fourth-order valence-corrected chi connectivity index (χ4v) is 4.58. The van der Waals surface area contributed by atoms with Crippen molar-refractivity contribution in [3.63, 3.8) is 0 Å². The number of hydrogen-bond acceptors (Lipinski definition) is 5. The Balaban J connectivity index is 1.54. The second-order valence-electron chi connectivity index (χ2n) is 5.93. The van der Waals surface area contributed by atoms with E-state index >= 15 is 0 Å². The molecule has 2 fully saturated rings. The van der Waals surface area contributed by atoms with E-state index in [-0.39, 0.29) is 23.3 Å². The van der Waals surface area contributed by atoms with Crippen molar-refractivity contribution >= 4 is 21.6 Å². The normalized spacial score (nSPS) is 22.5. The van der Waals surface area contributed by atoms with E-state index in [0.717, 1.165) is 18.9 Å². The van der Waals surface area contributed by atoms with E-state index in [4.69, 9.17) is 0 Å². The lowest BCUT2D eigenvalue weighted by molar-refractivity contribution is -0.136. The molecule has 1 amide bonds. The predicted molar refractivity (Wildman–Crippen MR) is 84.4 cm³/mol. The zero-order chi connectivity index (χ0) is 15.6. The molecule has 0 aliphatic carbocycles. The van der Waals surface area contributed by atoms with Gasteiger partial charge in [0.15, 0.2) is 0 Å². The summed E-state index contributed by atoms with van der Waals surface area (Å²) >= 11 is 0. The van der Waals surface area contributed by atoms with Crippen LogP contribution in [0.4, 0.5) is 5.82 Å². The largest absolute Gasteiger partial charge is 0.353 e. The predicted octanol–water partition coefficient (Wildman–Crippen LogP) is 0.555. The van der Waals surface area contributed by atoms with E-state index in [9.17, 15) is 13.2 Å². The van der Waals surface area contributed by atoms with E-state index in [1.807, 2.05) is 23.1 Å². The number of carbonyl (C=O) groups is 1. The van der Waals surface area contributed by atoms with Crippen LogP contribution in [-0.2, 0) is 14.6 Å². The van der Waals surface area contributed by atoms with Gasteiger partial charge >= 0.3 is 0 Å². The van der Waals surface area contributed by atoms with Gasteiger partial charge in [-0.3, -0.25) is 4.79 Å². The molecule has 0 aromatic carbocycles. The summed E-state index contributed by atoms with van der Waals surface area (Å²) in [5, 5.41) is 0. The Kier molecular flexibility index (Phi) is 4.33. The number of sulfone groups is 1. The zero-order valence-electron chi connectivity index (χ0n) is 12.5. The Hall–Kier alpha value is -1.63. The lowest BCUT2D eigenvalue weighted by Gasteiger charge is -2.37. The number of pyridine rings is 1. The second kappa shape index (κ2) is 6.24. The monoisotopic (exact) mass is 323 g/mol. The van der Waals surface area contributed by atoms with Crippen molar-refractivity contribution < 1.29 is 13.2 Å². The quantitative estimate of drug-likeness (QED) is 0.795. The Morgan fingerprint density at radius 1 is 1.09 bits per heavy atom. The minimum absolute atomic E-state index is 0.120. The molecule has 2 aliphatic rings. The van der Waals surface area contributed by atoms with Gasteiger partial charge < -0.3 is 9.80 Å². The molecule has 22 heavy (non-hydrogen) atoms. The van der Waals surface area contributed by atoms with Gasteiger partial charge in [0.2, 0.25) is 5.91 Å². The third-order valence-electron chi connectivity index (χ3n) is 4.47. The van der Waals surface area contributed by atoms with Gasteiger partial charge in [-0.1, -0.05) is 6.07 Å². The Bertz CT molecular complexity index is 611. The van der Waals surface area contributed by atoms with Crippen molar-refractivity contribution in [2.24, 2.45) is 5.92 Å². The maximum atomic E-state index is 12.5. The standard InChI is InChI=1S/C15H21N3O3S/c19-15(13-4-11-22(20,21)12-5-13)18-9-7-17(8-10-18)14-3-1-2-6-16-14/h1-3,6,13H,4-5,7-12H2. The minimum Gasteiger partial charge on any atom is -0.353 e. The molecule has 6 nitrogen and oxygen atoms in total. The first-order chi connectivity index (χ1) is 10.6. The molecule has 0 atom stereocenters. The molecule has 2 saturated heterocycles. The van der Waals surface area contributed by atoms with Crippen molar-refractivity contribution in [2.75, 3.05) is 42.6 Å². The van der Waals surface area contributed by atoms with Gasteiger partial charge in [0.05, 0.1) is 11.5 Å². The van der Waals surface area contributed by atoms with Crippen LogP contribution in [-0.4, -0.2) is 61.9 Å². The summed E-state index contributed by atoms with van der Waals surface area (Å²) in [6.45, 7) is 2.90. The first-order valence-electron chi connectivity index (χ1n) is 7.70. The van der Waals surface area contributed by atoms with Crippen molar-refractivity contribution in [1.82, 2.24) is 9.88 Å². The highest BCUT2D eigenvalue weighted by Crippen LogP contribution is 2.22. The molecule has 1 aromatic heterocycles. The average Bonchev–Trinajstić information content (AvgIpc) is 2.55. The minimum atomic E-state index is -2.91. The number of hydrogen-bond donors (Lipinski definition) is 0. The highest BCUT2D eigenvalue weighted by Gasteiger charge is 2.32. The van der Waals surface area contributed by atoms with E-state index in [1.165, 1.54) is 0 Å². The van der Waals surface area contributed by atoms with Gasteiger partial charge in [-0.2, -0.15) is 0 Å². The third-order valence-corrected chi connectivity index (χ3v) is 6.18. The number of nitrogens with zero attached hydrogens (tertiary/aromatic N) is 3. The molecule has 7 heteroatoms. The maximum Gasteiger partial charge on any atom is 0.225 e. The first kappa shape index (κ1) is 15.3. The third kappa shape index (κ3) is 3.40. The molecule has 3 heterocycles. The van der Waals surface area contributed by atoms with Crippen LogP contribution in [0.15, 0.2) is 24.4 Å². The number of anilines is 1. The summed E-state index contributed by atoms with van der Waals surface area (Å²) in [6.07, 6.45) is 2.72. The summed E-state index contributed by atoms with van der Waals surface area (Å²) in [4.78, 5) is 20.9. The molecule has 3 rings (SSSR count). The van der Waals surface area contributed by atoms with Crippen molar-refractivity contribution in [3.05, 3.63) is 24.4 Å². The van der Waals surface area contributed by atoms with Crippen LogP contribution in [0.2, 0.25) is 0 Å². The fraction of sp³-hybridized carbons (Fsp3) is 0.600. The van der Waals surface area contributed by atoms with Crippen LogP contribution >= 0.6 is 0 Å². The molecule has 0 unspecified atom stereocenters. The smallest absolute Gasteiger partial charge is 0.225 e. The highest BCUT2D eigenvalue weighted by molar-refractivity contribution is 7.91. The highest BCUT2D eigenvalue weighted by atomic mass is 32.2. The van der Waals surface area contributed by atoms with Crippen LogP contribution in [0.25, 0.3) is 0 Å². The SMILES string of the molecule is O=C(C1CCS(=O)(=O)CC1)N1CCN(c2ccccn2)CC1. The molecule has 120 valence electrons. The zero-order valence-corrected chi connectivity index (χ0v) is 13.3. The van der Waals surface area contributed by atoms with Gasteiger partial charge in [0, 0.05) is 38.3 Å². The summed E-state index contributed by atoms with van der Waals surface area (Å²) in [5.41, 5.74) is 0. The van der Waals surface area contributed by atoms with Crippen molar-refractivity contribution in [2.45, 2.75) is 12.8 Å².